The minimum Gasteiger partial charge on any atom is -0.507 e. The molecule has 1 atom stereocenters. The summed E-state index contributed by atoms with van der Waals surface area (Å²) >= 11 is 0. The molecule has 1 heterocycles. The summed E-state index contributed by atoms with van der Waals surface area (Å²) in [4.78, 5) is 0. The molecule has 2 aromatic rings. The number of phenolic OH excluding ortho intramolecular Hbond substituents is 1. The van der Waals surface area contributed by atoms with Gasteiger partial charge >= 0.3 is 0 Å². The maximum atomic E-state index is 10.2. The summed E-state index contributed by atoms with van der Waals surface area (Å²) < 4.78 is 5.79. The summed E-state index contributed by atoms with van der Waals surface area (Å²) in [6, 6.07) is 14.0. The van der Waals surface area contributed by atoms with E-state index < -0.39 is 0 Å². The second-order valence-corrected chi connectivity index (χ2v) is 4.41. The molecule has 86 valence electrons. The predicted molar refractivity (Wildman–Crippen MR) is 65.9 cm³/mol. The van der Waals surface area contributed by atoms with E-state index in [1.807, 2.05) is 49.4 Å². The molecule has 17 heavy (non-hydrogen) atoms. The lowest BCUT2D eigenvalue weighted by Crippen LogP contribution is -1.99. The lowest BCUT2D eigenvalue weighted by molar-refractivity contribution is 0.0929. The number of aryl methyl sites for hydroxylation is 1. The van der Waals surface area contributed by atoms with E-state index >= 15 is 0 Å². The van der Waals surface area contributed by atoms with Crippen molar-refractivity contribution < 1.29 is 9.84 Å². The van der Waals surface area contributed by atoms with E-state index in [9.17, 15) is 5.11 Å². The van der Waals surface area contributed by atoms with Gasteiger partial charge in [-0.25, -0.2) is 0 Å². The van der Waals surface area contributed by atoms with Crippen LogP contribution in [-0.4, -0.2) is 5.11 Å². The Bertz CT molecular complexity index is 546. The van der Waals surface area contributed by atoms with Crippen molar-refractivity contribution in [1.82, 2.24) is 0 Å². The number of rotatable bonds is 1. The first-order valence-corrected chi connectivity index (χ1v) is 5.75. The Hall–Kier alpha value is -1.80. The first-order valence-electron chi connectivity index (χ1n) is 5.75. The number of ether oxygens (including phenoxy) is 1. The van der Waals surface area contributed by atoms with E-state index in [2.05, 4.69) is 0 Å². The van der Waals surface area contributed by atoms with Crippen molar-refractivity contribution in [2.45, 2.75) is 19.6 Å². The molecule has 1 N–H and O–H groups in total. The van der Waals surface area contributed by atoms with Gasteiger partial charge in [0.15, 0.2) is 0 Å². The van der Waals surface area contributed by atoms with Gasteiger partial charge in [-0.3, -0.25) is 0 Å². The van der Waals surface area contributed by atoms with Gasteiger partial charge in [0.1, 0.15) is 11.9 Å². The quantitative estimate of drug-likeness (QED) is 0.808. The summed E-state index contributed by atoms with van der Waals surface area (Å²) in [6.45, 7) is 2.48. The molecule has 2 heteroatoms. The molecule has 0 radical (unpaired) electrons. The second-order valence-electron chi connectivity index (χ2n) is 4.41. The summed E-state index contributed by atoms with van der Waals surface area (Å²) in [6.07, 6.45) is -0.133. The van der Waals surface area contributed by atoms with Crippen LogP contribution in [0.3, 0.4) is 0 Å². The van der Waals surface area contributed by atoms with Crippen molar-refractivity contribution in [3.05, 3.63) is 64.7 Å². The fourth-order valence-corrected chi connectivity index (χ4v) is 2.32. The van der Waals surface area contributed by atoms with Gasteiger partial charge in [-0.1, -0.05) is 42.5 Å². The smallest absolute Gasteiger partial charge is 0.125 e. The number of fused-ring (bicyclic) bond motifs is 1. The Morgan fingerprint density at radius 3 is 2.65 bits per heavy atom. The SMILES string of the molecule is Cc1ccc2c(c1O)C(c1ccccc1)OC2. The van der Waals surface area contributed by atoms with Crippen LogP contribution in [0.1, 0.15) is 28.4 Å². The van der Waals surface area contributed by atoms with Gasteiger partial charge in [0.05, 0.1) is 6.61 Å². The van der Waals surface area contributed by atoms with E-state index in [0.29, 0.717) is 12.4 Å². The molecule has 1 unspecified atom stereocenters. The molecule has 0 saturated carbocycles. The number of aromatic hydroxyl groups is 1. The second kappa shape index (κ2) is 3.90. The highest BCUT2D eigenvalue weighted by atomic mass is 16.5. The third kappa shape index (κ3) is 1.61. The van der Waals surface area contributed by atoms with E-state index in [1.165, 1.54) is 0 Å². The minimum atomic E-state index is -0.133. The van der Waals surface area contributed by atoms with Gasteiger partial charge in [-0.15, -0.1) is 0 Å². The zero-order valence-corrected chi connectivity index (χ0v) is 9.68. The average Bonchev–Trinajstić information content (AvgIpc) is 2.79. The van der Waals surface area contributed by atoms with Gasteiger partial charge in [0, 0.05) is 5.56 Å². The van der Waals surface area contributed by atoms with Crippen LogP contribution in [-0.2, 0) is 11.3 Å². The molecular weight excluding hydrogens is 212 g/mol. The van der Waals surface area contributed by atoms with Gasteiger partial charge in [-0.05, 0) is 23.6 Å². The Balaban J connectivity index is 2.13. The Morgan fingerprint density at radius 1 is 1.12 bits per heavy atom. The van der Waals surface area contributed by atoms with Crippen LogP contribution in [0.4, 0.5) is 0 Å². The van der Waals surface area contributed by atoms with Gasteiger partial charge in [0.2, 0.25) is 0 Å². The largest absolute Gasteiger partial charge is 0.507 e. The number of benzene rings is 2. The van der Waals surface area contributed by atoms with Gasteiger partial charge in [0.25, 0.3) is 0 Å². The number of hydrogen-bond donors (Lipinski definition) is 1. The lowest BCUT2D eigenvalue weighted by Gasteiger charge is -2.13. The standard InChI is InChI=1S/C15H14O2/c1-10-7-8-12-9-17-15(13(12)14(10)16)11-5-3-2-4-6-11/h2-8,15-16H,9H2,1H3. The average molecular weight is 226 g/mol. The molecule has 0 amide bonds. The molecule has 0 fully saturated rings. The predicted octanol–water partition coefficient (Wildman–Crippen LogP) is 3.32. The highest BCUT2D eigenvalue weighted by molar-refractivity contribution is 5.50. The molecule has 1 aliphatic heterocycles. The summed E-state index contributed by atoms with van der Waals surface area (Å²) in [5.41, 5.74) is 4.00. The van der Waals surface area contributed by atoms with Crippen LogP contribution in [0.2, 0.25) is 0 Å². The fraction of sp³-hybridized carbons (Fsp3) is 0.200. The van der Waals surface area contributed by atoms with E-state index in [-0.39, 0.29) is 6.10 Å². The van der Waals surface area contributed by atoms with E-state index in [4.69, 9.17) is 4.74 Å². The molecule has 2 aromatic carbocycles. The Labute approximate surface area is 100 Å². The highest BCUT2D eigenvalue weighted by Crippen LogP contribution is 2.42. The first-order chi connectivity index (χ1) is 8.27. The molecule has 0 saturated heterocycles. The van der Waals surface area contributed by atoms with Crippen molar-refractivity contribution >= 4 is 0 Å². The number of hydrogen-bond acceptors (Lipinski definition) is 2. The van der Waals surface area contributed by atoms with Crippen LogP contribution in [0, 0.1) is 6.92 Å². The van der Waals surface area contributed by atoms with Gasteiger partial charge in [-0.2, -0.15) is 0 Å². The zero-order valence-electron chi connectivity index (χ0n) is 9.68. The van der Waals surface area contributed by atoms with Crippen molar-refractivity contribution in [1.29, 1.82) is 0 Å². The third-order valence-electron chi connectivity index (χ3n) is 3.28. The van der Waals surface area contributed by atoms with Crippen LogP contribution in [0.5, 0.6) is 5.75 Å². The molecule has 0 spiro atoms. The van der Waals surface area contributed by atoms with Crippen molar-refractivity contribution in [2.75, 3.05) is 0 Å². The Morgan fingerprint density at radius 2 is 1.88 bits per heavy atom. The van der Waals surface area contributed by atoms with Gasteiger partial charge < -0.3 is 9.84 Å². The fourth-order valence-electron chi connectivity index (χ4n) is 2.32. The molecular formula is C15H14O2. The molecule has 3 rings (SSSR count). The molecule has 0 aliphatic carbocycles. The summed E-state index contributed by atoms with van der Waals surface area (Å²) in [5, 5.41) is 10.2. The Kier molecular flexibility index (Phi) is 2.37. The van der Waals surface area contributed by atoms with Crippen LogP contribution >= 0.6 is 0 Å². The van der Waals surface area contributed by atoms with Crippen LogP contribution in [0.25, 0.3) is 0 Å². The van der Waals surface area contributed by atoms with Crippen molar-refractivity contribution in [2.24, 2.45) is 0 Å². The summed E-state index contributed by atoms with van der Waals surface area (Å²) in [7, 11) is 0. The van der Waals surface area contributed by atoms with Crippen LogP contribution < -0.4 is 0 Å². The monoisotopic (exact) mass is 226 g/mol. The van der Waals surface area contributed by atoms with Crippen LogP contribution in [0.15, 0.2) is 42.5 Å². The highest BCUT2D eigenvalue weighted by Gasteiger charge is 2.28. The minimum absolute atomic E-state index is 0.133. The topological polar surface area (TPSA) is 29.5 Å². The zero-order chi connectivity index (χ0) is 11.8. The molecule has 1 aliphatic rings. The maximum Gasteiger partial charge on any atom is 0.125 e. The van der Waals surface area contributed by atoms with E-state index in [1.54, 1.807) is 0 Å². The van der Waals surface area contributed by atoms with Crippen molar-refractivity contribution in [3.63, 3.8) is 0 Å². The van der Waals surface area contributed by atoms with Crippen molar-refractivity contribution in [3.8, 4) is 5.75 Å². The maximum absolute atomic E-state index is 10.2. The first kappa shape index (κ1) is 10.4. The summed E-state index contributed by atoms with van der Waals surface area (Å²) in [5.74, 6) is 0.369. The van der Waals surface area contributed by atoms with E-state index in [0.717, 1.165) is 22.3 Å². The third-order valence-corrected chi connectivity index (χ3v) is 3.28. The molecule has 0 aromatic heterocycles. The molecule has 2 nitrogen and oxygen atoms in total. The number of phenols is 1. The lowest BCUT2D eigenvalue weighted by atomic mass is 9.96. The normalized spacial score (nSPS) is 18.1. The molecule has 0 bridgehead atoms.